The Balaban J connectivity index is 0.000000400. The third kappa shape index (κ3) is 4.93. The number of aliphatic hydroxyl groups excluding tert-OH is 1. The largest absolute Gasteiger partial charge is 0.512 e. The van der Waals surface area contributed by atoms with Crippen LogP contribution in [0, 0.1) is 32.7 Å². The molecule has 2 atom stereocenters. The van der Waals surface area contributed by atoms with Gasteiger partial charge in [-0.3, -0.25) is 9.18 Å². The van der Waals surface area contributed by atoms with Gasteiger partial charge < -0.3 is 14.4 Å². The van der Waals surface area contributed by atoms with Gasteiger partial charge in [-0.25, -0.2) is 9.98 Å². The van der Waals surface area contributed by atoms with Crippen LogP contribution in [-0.4, -0.2) is 26.3 Å². The number of benzene rings is 2. The Bertz CT molecular complexity index is 1380. The van der Waals surface area contributed by atoms with Crippen molar-refractivity contribution in [1.82, 2.24) is 9.55 Å². The normalized spacial score (nSPS) is 17.4. The number of aliphatic imine (C=N–C) groups is 1. The van der Waals surface area contributed by atoms with E-state index in [1.807, 2.05) is 32.4 Å². The fraction of sp³-hybridized carbons (Fsp3) is 0.321. The van der Waals surface area contributed by atoms with Gasteiger partial charge in [0.05, 0.1) is 23.8 Å². The minimum absolute atomic E-state index is 0. The van der Waals surface area contributed by atoms with Crippen LogP contribution < -0.4 is 0 Å². The van der Waals surface area contributed by atoms with Gasteiger partial charge in [0.1, 0.15) is 0 Å². The maximum absolute atomic E-state index is 15.3. The molecule has 0 bridgehead atoms. The second kappa shape index (κ2) is 10.5. The fourth-order valence-corrected chi connectivity index (χ4v) is 5.06. The molecule has 3 aromatic rings. The van der Waals surface area contributed by atoms with Gasteiger partial charge in [-0.2, -0.15) is 6.07 Å². The average molecular weight is 667 g/mol. The molecule has 0 amide bonds. The van der Waals surface area contributed by atoms with Gasteiger partial charge in [0, 0.05) is 51.7 Å². The van der Waals surface area contributed by atoms with E-state index in [0.717, 1.165) is 39.2 Å². The average Bonchev–Trinajstić information content (AvgIpc) is 3.30. The third-order valence-corrected chi connectivity index (χ3v) is 6.14. The monoisotopic (exact) mass is 667 g/mol. The minimum Gasteiger partial charge on any atom is -0.512 e. The van der Waals surface area contributed by atoms with E-state index in [4.69, 9.17) is 14.8 Å². The van der Waals surface area contributed by atoms with Crippen LogP contribution in [0.1, 0.15) is 60.9 Å². The van der Waals surface area contributed by atoms with Crippen LogP contribution in [0.2, 0.25) is 0 Å². The number of rotatable bonds is 2. The fourth-order valence-electron chi connectivity index (χ4n) is 5.06. The number of imidazole rings is 1. The van der Waals surface area contributed by atoms with Gasteiger partial charge in [-0.15, -0.1) is 11.6 Å². The molecule has 191 valence electrons. The number of hydrogen-bond donors (Lipinski definition) is 1. The number of nitrogens with zero attached hydrogens (tertiary/aromatic N) is 3. The van der Waals surface area contributed by atoms with Crippen molar-refractivity contribution in [2.24, 2.45) is 12.0 Å². The number of ketones is 1. The zero-order valence-corrected chi connectivity index (χ0v) is 23.8. The first kappa shape index (κ1) is 27.5. The molecule has 2 aliphatic rings. The molecule has 0 saturated heterocycles. The number of carbonyl (C=O) groups excluding carboxylic acids is 1. The Hall–Kier alpha value is -3.09. The van der Waals surface area contributed by atoms with Crippen molar-refractivity contribution < 1.29 is 39.1 Å². The minimum atomic E-state index is -0.288. The molecule has 2 aromatic carbocycles. The van der Waals surface area contributed by atoms with Gasteiger partial charge in [0.15, 0.2) is 17.8 Å². The molecular weight excluding hydrogens is 638 g/mol. The van der Waals surface area contributed by atoms with E-state index in [-0.39, 0.29) is 49.6 Å². The molecule has 1 aromatic heterocycles. The predicted octanol–water partition coefficient (Wildman–Crippen LogP) is 6.20. The number of allylic oxidation sites excluding steroid dienone is 2. The summed E-state index contributed by atoms with van der Waals surface area (Å²) in [6.45, 7) is 10.8. The Kier molecular flexibility index (Phi) is 8.01. The zero-order chi connectivity index (χ0) is 25.6. The molecule has 2 unspecified atom stereocenters. The smallest absolute Gasteiger partial charge is 0.181 e. The second-order valence-electron chi connectivity index (χ2n) is 9.19. The summed E-state index contributed by atoms with van der Waals surface area (Å²) in [4.78, 5) is 19.3. The number of aliphatic hydroxyl groups is 1. The number of carbonyl (C=O) groups is 1. The molecule has 0 saturated carbocycles. The van der Waals surface area contributed by atoms with E-state index in [2.05, 4.69) is 30.1 Å². The second-order valence-corrected chi connectivity index (χ2v) is 9.19. The Morgan fingerprint density at radius 1 is 1.14 bits per heavy atom. The predicted molar refractivity (Wildman–Crippen MR) is 134 cm³/mol. The SMILES string of the molecule is CC(=O)/C=C(/C)O.CC1=NC2c3[c-]cc(F)c(-c4c(C)cc(C)cc4C)c3-c3ncn(C)c3C2O1.[Ir]. The maximum atomic E-state index is 15.3. The molecule has 5 rings (SSSR count). The van der Waals surface area contributed by atoms with E-state index in [1.165, 1.54) is 31.6 Å². The standard InChI is InChI=1S/C23H21FN3O.C5H8O2.Ir/c1-11-8-12(2)17(13(3)9-11)19-16(24)7-6-15-18(19)21-22(27(5)10-25-21)23-20(15)26-14(4)28-23;1-4(6)3-5(2)7;/h7-10,20,23H,1-5H3;3,6H,1-2H3;/q-1;;/b;4-3-;. The molecule has 1 aliphatic heterocycles. The number of aryl methyl sites for hydroxylation is 4. The molecule has 8 heteroatoms. The number of halogens is 1. The van der Waals surface area contributed by atoms with Gasteiger partial charge >= 0.3 is 0 Å². The van der Waals surface area contributed by atoms with Crippen molar-refractivity contribution in [3.8, 4) is 22.4 Å². The van der Waals surface area contributed by atoms with Crippen molar-refractivity contribution >= 4 is 11.7 Å². The van der Waals surface area contributed by atoms with E-state index >= 15 is 4.39 Å². The summed E-state index contributed by atoms with van der Waals surface area (Å²) in [5.74, 6) is 0.285. The topological polar surface area (TPSA) is 76.7 Å². The van der Waals surface area contributed by atoms with Crippen molar-refractivity contribution in [3.05, 3.63) is 76.2 Å². The summed E-state index contributed by atoms with van der Waals surface area (Å²) in [6.07, 6.45) is 2.68. The zero-order valence-electron chi connectivity index (χ0n) is 21.4. The number of ether oxygens (including phenoxy) is 1. The Morgan fingerprint density at radius 3 is 2.33 bits per heavy atom. The molecule has 0 fully saturated rings. The third-order valence-electron chi connectivity index (χ3n) is 6.14. The molecule has 6 nitrogen and oxygen atoms in total. The van der Waals surface area contributed by atoms with Gasteiger partial charge in [-0.1, -0.05) is 28.8 Å². The quantitative estimate of drug-likeness (QED) is 0.201. The molecule has 1 N–H and O–H groups in total. The van der Waals surface area contributed by atoms with E-state index < -0.39 is 0 Å². The summed E-state index contributed by atoms with van der Waals surface area (Å²) >= 11 is 0. The van der Waals surface area contributed by atoms with Gasteiger partial charge in [0.25, 0.3) is 0 Å². The first-order chi connectivity index (χ1) is 16.5. The summed E-state index contributed by atoms with van der Waals surface area (Å²) in [5.41, 5.74) is 8.09. The number of fused-ring (bicyclic) bond motifs is 6. The van der Waals surface area contributed by atoms with Crippen LogP contribution in [0.5, 0.6) is 0 Å². The maximum Gasteiger partial charge on any atom is 0.181 e. The van der Waals surface area contributed by atoms with E-state index in [9.17, 15) is 4.79 Å². The van der Waals surface area contributed by atoms with Crippen molar-refractivity contribution in [2.45, 2.75) is 53.7 Å². The summed E-state index contributed by atoms with van der Waals surface area (Å²) in [7, 11) is 1.94. The van der Waals surface area contributed by atoms with Crippen LogP contribution in [0.15, 0.2) is 41.4 Å². The van der Waals surface area contributed by atoms with Crippen molar-refractivity contribution in [3.63, 3.8) is 0 Å². The van der Waals surface area contributed by atoms with Crippen LogP contribution in [-0.2, 0) is 36.7 Å². The molecule has 2 heterocycles. The summed E-state index contributed by atoms with van der Waals surface area (Å²) in [6, 6.07) is 8.54. The molecule has 36 heavy (non-hydrogen) atoms. The first-order valence-corrected chi connectivity index (χ1v) is 11.4. The van der Waals surface area contributed by atoms with Crippen LogP contribution in [0.4, 0.5) is 4.39 Å². The van der Waals surface area contributed by atoms with Gasteiger partial charge in [0.2, 0.25) is 0 Å². The van der Waals surface area contributed by atoms with Crippen LogP contribution >= 0.6 is 0 Å². The van der Waals surface area contributed by atoms with Crippen LogP contribution in [0.25, 0.3) is 22.4 Å². The Labute approximate surface area is 224 Å². The van der Waals surface area contributed by atoms with Gasteiger partial charge in [-0.05, 0) is 51.3 Å². The van der Waals surface area contributed by atoms with E-state index in [0.29, 0.717) is 11.5 Å². The number of aromatic nitrogens is 2. The van der Waals surface area contributed by atoms with Crippen molar-refractivity contribution in [1.29, 1.82) is 0 Å². The summed E-state index contributed by atoms with van der Waals surface area (Å²) in [5, 5.41) is 8.36. The molecule has 1 aliphatic carbocycles. The molecular formula is C28H29FIrN3O3-. The molecule has 1 radical (unpaired) electrons. The number of hydrogen-bond acceptors (Lipinski definition) is 5. The van der Waals surface area contributed by atoms with Crippen molar-refractivity contribution in [2.75, 3.05) is 0 Å². The molecule has 0 spiro atoms. The summed E-state index contributed by atoms with van der Waals surface area (Å²) < 4.78 is 23.3. The Morgan fingerprint density at radius 2 is 1.78 bits per heavy atom. The van der Waals surface area contributed by atoms with Crippen LogP contribution in [0.3, 0.4) is 0 Å². The van der Waals surface area contributed by atoms with E-state index in [1.54, 1.807) is 6.33 Å². The first-order valence-electron chi connectivity index (χ1n) is 11.4.